The predicted molar refractivity (Wildman–Crippen MR) is 118 cm³/mol. The third-order valence-electron chi connectivity index (χ3n) is 4.46. The lowest BCUT2D eigenvalue weighted by molar-refractivity contribution is -0.384. The summed E-state index contributed by atoms with van der Waals surface area (Å²) in [7, 11) is 0. The highest BCUT2D eigenvalue weighted by Gasteiger charge is 2.26. The summed E-state index contributed by atoms with van der Waals surface area (Å²) in [6.07, 6.45) is -0.287. The molecule has 1 N–H and O–H groups in total. The molecule has 0 saturated carbocycles. The van der Waals surface area contributed by atoms with Gasteiger partial charge in [-0.1, -0.05) is 0 Å². The number of anilines is 3. The molecule has 0 atom stereocenters. The van der Waals surface area contributed by atoms with E-state index < -0.39 is 10.5 Å². The number of halogens is 1. The lowest BCUT2D eigenvalue weighted by Crippen LogP contribution is -2.50. The number of amides is 1. The van der Waals surface area contributed by atoms with Gasteiger partial charge >= 0.3 is 11.8 Å². The fourth-order valence-electron chi connectivity index (χ4n) is 3.03. The van der Waals surface area contributed by atoms with Crippen LogP contribution in [0.4, 0.5) is 27.7 Å². The van der Waals surface area contributed by atoms with Crippen molar-refractivity contribution < 1.29 is 14.5 Å². The van der Waals surface area contributed by atoms with E-state index in [0.717, 1.165) is 5.69 Å². The van der Waals surface area contributed by atoms with Gasteiger partial charge in [0.2, 0.25) is 5.82 Å². The number of aromatic nitrogens is 1. The Morgan fingerprint density at radius 3 is 2.33 bits per heavy atom. The van der Waals surface area contributed by atoms with Gasteiger partial charge in [-0.15, -0.1) is 0 Å². The SMILES string of the molecule is CC(C)(C)OC(=O)N1CCN(c2ccc(Nc3nc(Br)ccc3[N+](=O)[O-])cc2)CC1. The molecule has 9 nitrogen and oxygen atoms in total. The Bertz CT molecular complexity index is 922. The Balaban J connectivity index is 1.62. The summed E-state index contributed by atoms with van der Waals surface area (Å²) in [6.45, 7) is 8.14. The monoisotopic (exact) mass is 477 g/mol. The molecule has 0 aliphatic carbocycles. The summed E-state index contributed by atoms with van der Waals surface area (Å²) in [5.74, 6) is 0.174. The number of pyridine rings is 1. The van der Waals surface area contributed by atoms with Gasteiger partial charge in [0.15, 0.2) is 0 Å². The molecule has 1 aromatic heterocycles. The maximum absolute atomic E-state index is 12.2. The normalized spacial score (nSPS) is 14.4. The summed E-state index contributed by atoms with van der Waals surface area (Å²) < 4.78 is 5.94. The van der Waals surface area contributed by atoms with Gasteiger partial charge < -0.3 is 19.9 Å². The number of hydrogen-bond donors (Lipinski definition) is 1. The van der Waals surface area contributed by atoms with Crippen LogP contribution in [-0.4, -0.2) is 52.7 Å². The first-order valence-corrected chi connectivity index (χ1v) is 10.3. The van der Waals surface area contributed by atoms with Crippen molar-refractivity contribution in [3.63, 3.8) is 0 Å². The van der Waals surface area contributed by atoms with Gasteiger partial charge in [0.05, 0.1) is 4.92 Å². The number of hydrogen-bond acceptors (Lipinski definition) is 7. The highest BCUT2D eigenvalue weighted by Crippen LogP contribution is 2.28. The Hall–Kier alpha value is -2.88. The van der Waals surface area contributed by atoms with Crippen molar-refractivity contribution in [2.24, 2.45) is 0 Å². The molecule has 1 aliphatic heterocycles. The number of rotatable bonds is 4. The van der Waals surface area contributed by atoms with Crippen LogP contribution in [0, 0.1) is 10.1 Å². The minimum Gasteiger partial charge on any atom is -0.444 e. The molecule has 0 unspecified atom stereocenters. The summed E-state index contributed by atoms with van der Waals surface area (Å²) in [6, 6.07) is 10.5. The number of benzene rings is 1. The Morgan fingerprint density at radius 1 is 1.13 bits per heavy atom. The van der Waals surface area contributed by atoms with Crippen molar-refractivity contribution >= 4 is 44.9 Å². The molecule has 2 aromatic rings. The standard InChI is InChI=1S/C20H24BrN5O4/c1-20(2,3)30-19(27)25-12-10-24(11-13-25)15-6-4-14(5-7-15)22-18-16(26(28)29)8-9-17(21)23-18/h4-9H,10-13H2,1-3H3,(H,22,23). The van der Waals surface area contributed by atoms with E-state index in [1.807, 2.05) is 45.0 Å². The van der Waals surface area contributed by atoms with Crippen molar-refractivity contribution in [1.82, 2.24) is 9.88 Å². The third-order valence-corrected chi connectivity index (χ3v) is 4.90. The van der Waals surface area contributed by atoms with Gasteiger partial charge in [0.1, 0.15) is 10.2 Å². The average Bonchev–Trinajstić information content (AvgIpc) is 2.67. The number of ether oxygens (including phenoxy) is 1. The largest absolute Gasteiger partial charge is 0.444 e. The topological polar surface area (TPSA) is 101 Å². The molecule has 3 rings (SSSR count). The van der Waals surface area contributed by atoms with Crippen LogP contribution in [0.5, 0.6) is 0 Å². The first-order valence-electron chi connectivity index (χ1n) is 9.53. The van der Waals surface area contributed by atoms with E-state index in [1.165, 1.54) is 12.1 Å². The second kappa shape index (κ2) is 8.86. The fourth-order valence-corrected chi connectivity index (χ4v) is 3.34. The van der Waals surface area contributed by atoms with Crippen molar-refractivity contribution in [3.8, 4) is 0 Å². The minimum atomic E-state index is -0.505. The van der Waals surface area contributed by atoms with Gasteiger partial charge in [0, 0.05) is 43.6 Å². The van der Waals surface area contributed by atoms with E-state index in [9.17, 15) is 14.9 Å². The van der Waals surface area contributed by atoms with Crippen molar-refractivity contribution in [2.75, 3.05) is 36.4 Å². The van der Waals surface area contributed by atoms with Crippen LogP contribution in [0.1, 0.15) is 20.8 Å². The van der Waals surface area contributed by atoms with Crippen molar-refractivity contribution in [1.29, 1.82) is 0 Å². The lowest BCUT2D eigenvalue weighted by Gasteiger charge is -2.36. The molecule has 0 spiro atoms. The van der Waals surface area contributed by atoms with Crippen LogP contribution < -0.4 is 10.2 Å². The zero-order valence-corrected chi connectivity index (χ0v) is 18.7. The molecular weight excluding hydrogens is 454 g/mol. The van der Waals surface area contributed by atoms with E-state index in [1.54, 1.807) is 4.90 Å². The summed E-state index contributed by atoms with van der Waals surface area (Å²) in [5.41, 5.74) is 1.11. The number of nitro groups is 1. The highest BCUT2D eigenvalue weighted by atomic mass is 79.9. The Labute approximate surface area is 183 Å². The molecule has 1 saturated heterocycles. The molecule has 1 fully saturated rings. The summed E-state index contributed by atoms with van der Waals surface area (Å²) in [5, 5.41) is 14.2. The highest BCUT2D eigenvalue weighted by molar-refractivity contribution is 9.10. The molecule has 2 heterocycles. The van der Waals surface area contributed by atoms with Gasteiger partial charge in [-0.3, -0.25) is 10.1 Å². The Morgan fingerprint density at radius 2 is 1.77 bits per heavy atom. The van der Waals surface area contributed by atoms with E-state index in [0.29, 0.717) is 36.5 Å². The van der Waals surface area contributed by atoms with E-state index >= 15 is 0 Å². The maximum Gasteiger partial charge on any atom is 0.410 e. The van der Waals surface area contributed by atoms with Gasteiger partial charge in [-0.05, 0) is 67.0 Å². The molecular formula is C20H24BrN5O4. The second-order valence-electron chi connectivity index (χ2n) is 7.89. The smallest absolute Gasteiger partial charge is 0.410 e. The van der Waals surface area contributed by atoms with Crippen LogP contribution in [-0.2, 0) is 4.74 Å². The first kappa shape index (κ1) is 21.8. The van der Waals surface area contributed by atoms with E-state index in [4.69, 9.17) is 4.74 Å². The van der Waals surface area contributed by atoms with Crippen molar-refractivity contribution in [2.45, 2.75) is 26.4 Å². The summed E-state index contributed by atoms with van der Waals surface area (Å²) in [4.78, 5) is 31.0. The fraction of sp³-hybridized carbons (Fsp3) is 0.400. The van der Waals surface area contributed by atoms with Crippen LogP contribution in [0.2, 0.25) is 0 Å². The molecule has 10 heteroatoms. The number of nitrogens with zero attached hydrogens (tertiary/aromatic N) is 4. The van der Waals surface area contributed by atoms with E-state index in [-0.39, 0.29) is 17.6 Å². The molecule has 30 heavy (non-hydrogen) atoms. The third kappa shape index (κ3) is 5.59. The van der Waals surface area contributed by atoms with Gasteiger partial charge in [0.25, 0.3) is 0 Å². The minimum absolute atomic E-state index is 0.0967. The first-order chi connectivity index (χ1) is 14.1. The van der Waals surface area contributed by atoms with Crippen LogP contribution in [0.15, 0.2) is 41.0 Å². The average molecular weight is 478 g/mol. The number of nitrogens with one attached hydrogen (secondary N) is 1. The van der Waals surface area contributed by atoms with Gasteiger partial charge in [-0.25, -0.2) is 9.78 Å². The number of piperazine rings is 1. The molecule has 1 amide bonds. The molecule has 160 valence electrons. The number of carbonyl (C=O) groups excluding carboxylic acids is 1. The predicted octanol–water partition coefficient (Wildman–Crippen LogP) is 4.55. The van der Waals surface area contributed by atoms with Crippen LogP contribution in [0.25, 0.3) is 0 Å². The molecule has 1 aromatic carbocycles. The molecule has 0 radical (unpaired) electrons. The van der Waals surface area contributed by atoms with Crippen molar-refractivity contribution in [3.05, 3.63) is 51.1 Å². The zero-order chi connectivity index (χ0) is 21.9. The molecule has 0 bridgehead atoms. The maximum atomic E-state index is 12.2. The summed E-state index contributed by atoms with van der Waals surface area (Å²) >= 11 is 3.24. The van der Waals surface area contributed by atoms with Crippen LogP contribution in [0.3, 0.4) is 0 Å². The zero-order valence-electron chi connectivity index (χ0n) is 17.1. The lowest BCUT2D eigenvalue weighted by atomic mass is 10.2. The van der Waals surface area contributed by atoms with Gasteiger partial charge in [-0.2, -0.15) is 0 Å². The number of carbonyl (C=O) groups is 1. The Kier molecular flexibility index (Phi) is 6.45. The quantitative estimate of drug-likeness (QED) is 0.391. The van der Waals surface area contributed by atoms with E-state index in [2.05, 4.69) is 31.1 Å². The van der Waals surface area contributed by atoms with Crippen LogP contribution >= 0.6 is 15.9 Å². The second-order valence-corrected chi connectivity index (χ2v) is 8.70. The molecule has 1 aliphatic rings.